The number of carbonyl (C=O) groups is 1. The number of nitrogens with zero attached hydrogens (tertiary/aromatic N) is 1. The summed E-state index contributed by atoms with van der Waals surface area (Å²) in [5.74, 6) is 0.289. The van der Waals surface area contributed by atoms with Crippen molar-refractivity contribution in [3.8, 4) is 5.75 Å². The van der Waals surface area contributed by atoms with Crippen LogP contribution in [0.4, 0.5) is 11.4 Å². The van der Waals surface area contributed by atoms with E-state index < -0.39 is 15.9 Å². The van der Waals surface area contributed by atoms with Crippen molar-refractivity contribution >= 4 is 27.3 Å². The molecular weight excluding hydrogens is 484 g/mol. The lowest BCUT2D eigenvalue weighted by Crippen LogP contribution is -2.32. The molecule has 37 heavy (non-hydrogen) atoms. The van der Waals surface area contributed by atoms with E-state index in [1.165, 1.54) is 4.31 Å². The number of rotatable bonds is 9. The van der Waals surface area contributed by atoms with Crippen LogP contribution in [0.15, 0.2) is 108 Å². The van der Waals surface area contributed by atoms with Crippen LogP contribution in [0.3, 0.4) is 0 Å². The van der Waals surface area contributed by atoms with E-state index in [0.717, 1.165) is 11.1 Å². The Balaban J connectivity index is 1.71. The highest BCUT2D eigenvalue weighted by atomic mass is 32.2. The number of carbonyl (C=O) groups excluding carboxylic acids is 1. The van der Waals surface area contributed by atoms with Gasteiger partial charge in [-0.25, -0.2) is 8.42 Å². The molecule has 0 atom stereocenters. The first-order valence-corrected chi connectivity index (χ1v) is 13.5. The molecule has 1 N–H and O–H groups in total. The quantitative estimate of drug-likeness (QED) is 0.279. The zero-order chi connectivity index (χ0) is 26.4. The van der Waals surface area contributed by atoms with Crippen LogP contribution in [-0.4, -0.2) is 20.4 Å². The lowest BCUT2D eigenvalue weighted by atomic mass is 10.1. The fraction of sp³-hybridized carbons (Fsp3) is 0.167. The monoisotopic (exact) mass is 514 g/mol. The molecule has 0 aliphatic carbocycles. The third kappa shape index (κ3) is 6.37. The molecule has 0 aliphatic heterocycles. The van der Waals surface area contributed by atoms with E-state index in [0.29, 0.717) is 17.1 Å². The lowest BCUT2D eigenvalue weighted by Gasteiger charge is -2.26. The van der Waals surface area contributed by atoms with Gasteiger partial charge >= 0.3 is 0 Å². The summed E-state index contributed by atoms with van der Waals surface area (Å²) in [5.41, 5.74) is 2.88. The molecular formula is C30H30N2O4S. The number of hydrogen-bond donors (Lipinski definition) is 1. The van der Waals surface area contributed by atoms with Gasteiger partial charge in [-0.05, 0) is 74.9 Å². The molecule has 0 aromatic heterocycles. The van der Waals surface area contributed by atoms with Crippen LogP contribution in [0.2, 0.25) is 0 Å². The Hall–Kier alpha value is -4.10. The van der Waals surface area contributed by atoms with Gasteiger partial charge < -0.3 is 10.1 Å². The van der Waals surface area contributed by atoms with Crippen molar-refractivity contribution in [3.63, 3.8) is 0 Å². The van der Waals surface area contributed by atoms with E-state index in [4.69, 9.17) is 4.74 Å². The highest BCUT2D eigenvalue weighted by Gasteiger charge is 2.28. The summed E-state index contributed by atoms with van der Waals surface area (Å²) in [4.78, 5) is 13.6. The molecule has 4 aromatic carbocycles. The number of hydrogen-bond acceptors (Lipinski definition) is 4. The second-order valence-electron chi connectivity index (χ2n) is 8.97. The summed E-state index contributed by atoms with van der Waals surface area (Å²) in [5, 5.41) is 2.88. The summed E-state index contributed by atoms with van der Waals surface area (Å²) < 4.78 is 34.7. The number of para-hydroxylation sites is 1. The number of aryl methyl sites for hydroxylation is 1. The average Bonchev–Trinajstić information content (AvgIpc) is 2.89. The molecule has 0 bridgehead atoms. The molecule has 0 saturated carbocycles. The minimum absolute atomic E-state index is 0.0402. The fourth-order valence-electron chi connectivity index (χ4n) is 3.86. The first-order chi connectivity index (χ1) is 17.7. The Morgan fingerprint density at radius 3 is 2.11 bits per heavy atom. The number of anilines is 2. The number of amides is 1. The Morgan fingerprint density at radius 2 is 1.46 bits per heavy atom. The van der Waals surface area contributed by atoms with Crippen LogP contribution in [-0.2, 0) is 16.6 Å². The molecule has 0 aliphatic rings. The van der Waals surface area contributed by atoms with Crippen LogP contribution < -0.4 is 14.4 Å². The maximum atomic E-state index is 13.9. The van der Waals surface area contributed by atoms with Crippen molar-refractivity contribution < 1.29 is 17.9 Å². The summed E-state index contributed by atoms with van der Waals surface area (Å²) in [6.07, 6.45) is 0.0402. The predicted molar refractivity (Wildman–Crippen MR) is 148 cm³/mol. The smallest absolute Gasteiger partial charge is 0.264 e. The molecule has 0 fully saturated rings. The maximum absolute atomic E-state index is 13.9. The standard InChI is InChI=1S/C30H30N2O4S/c1-22(2)36-26-17-15-25(16-18-26)31-30(33)28-11-7-8-12-29(28)32(21-24-9-5-4-6-10-24)37(34,35)27-19-13-23(3)14-20-27/h4-20,22H,21H2,1-3H3,(H,31,33). The van der Waals surface area contributed by atoms with Crippen LogP contribution in [0.5, 0.6) is 5.75 Å². The molecule has 4 aromatic rings. The largest absolute Gasteiger partial charge is 0.491 e. The van der Waals surface area contributed by atoms with E-state index in [1.807, 2.05) is 51.1 Å². The van der Waals surface area contributed by atoms with Crippen LogP contribution in [0, 0.1) is 6.92 Å². The van der Waals surface area contributed by atoms with Gasteiger partial charge in [0.1, 0.15) is 5.75 Å². The van der Waals surface area contributed by atoms with Crippen molar-refractivity contribution in [3.05, 3.63) is 120 Å². The van der Waals surface area contributed by atoms with Crippen LogP contribution in [0.25, 0.3) is 0 Å². The van der Waals surface area contributed by atoms with Crippen LogP contribution >= 0.6 is 0 Å². The normalized spacial score (nSPS) is 11.2. The second-order valence-corrected chi connectivity index (χ2v) is 10.8. The number of benzene rings is 4. The molecule has 0 heterocycles. The molecule has 0 unspecified atom stereocenters. The first-order valence-electron chi connectivity index (χ1n) is 12.0. The minimum atomic E-state index is -3.98. The molecule has 7 heteroatoms. The Bertz CT molecular complexity index is 1450. The number of sulfonamides is 1. The number of nitrogens with one attached hydrogen (secondary N) is 1. The van der Waals surface area contributed by atoms with Gasteiger partial charge in [0.2, 0.25) is 0 Å². The van der Waals surface area contributed by atoms with Gasteiger partial charge in [0, 0.05) is 5.69 Å². The van der Waals surface area contributed by atoms with Gasteiger partial charge in [-0.3, -0.25) is 9.10 Å². The van der Waals surface area contributed by atoms with E-state index in [2.05, 4.69) is 5.32 Å². The molecule has 1 amide bonds. The molecule has 6 nitrogen and oxygen atoms in total. The van der Waals surface area contributed by atoms with Crippen molar-refractivity contribution in [2.24, 2.45) is 0 Å². The van der Waals surface area contributed by atoms with E-state index in [1.54, 1.807) is 72.8 Å². The molecule has 0 saturated heterocycles. The first kappa shape index (κ1) is 26.0. The lowest BCUT2D eigenvalue weighted by molar-refractivity contribution is 0.102. The molecule has 0 radical (unpaired) electrons. The fourth-order valence-corrected chi connectivity index (χ4v) is 5.33. The summed E-state index contributed by atoms with van der Waals surface area (Å²) >= 11 is 0. The zero-order valence-corrected chi connectivity index (χ0v) is 21.9. The molecule has 0 spiro atoms. The zero-order valence-electron chi connectivity index (χ0n) is 21.1. The summed E-state index contributed by atoms with van der Waals surface area (Å²) in [6, 6.07) is 29.8. The highest BCUT2D eigenvalue weighted by molar-refractivity contribution is 7.92. The van der Waals surface area contributed by atoms with Crippen LogP contribution in [0.1, 0.15) is 35.3 Å². The average molecular weight is 515 g/mol. The summed E-state index contributed by atoms with van der Waals surface area (Å²) in [6.45, 7) is 5.86. The topological polar surface area (TPSA) is 75.7 Å². The summed E-state index contributed by atoms with van der Waals surface area (Å²) in [7, 11) is -3.98. The Morgan fingerprint density at radius 1 is 0.838 bits per heavy atom. The Labute approximate surface area is 218 Å². The Kier molecular flexibility index (Phi) is 7.94. The van der Waals surface area contributed by atoms with Gasteiger partial charge in [-0.15, -0.1) is 0 Å². The van der Waals surface area contributed by atoms with Gasteiger partial charge in [0.15, 0.2) is 0 Å². The van der Waals surface area contributed by atoms with E-state index >= 15 is 0 Å². The van der Waals surface area contributed by atoms with E-state index in [-0.39, 0.29) is 23.1 Å². The highest BCUT2D eigenvalue weighted by Crippen LogP contribution is 2.30. The van der Waals surface area contributed by atoms with Gasteiger partial charge in [0.25, 0.3) is 15.9 Å². The van der Waals surface area contributed by atoms with Crippen molar-refractivity contribution in [2.75, 3.05) is 9.62 Å². The van der Waals surface area contributed by atoms with Gasteiger partial charge in [0.05, 0.1) is 28.8 Å². The van der Waals surface area contributed by atoms with Crippen molar-refractivity contribution in [2.45, 2.75) is 38.3 Å². The molecule has 4 rings (SSSR count). The van der Waals surface area contributed by atoms with Crippen molar-refractivity contribution in [1.29, 1.82) is 0 Å². The van der Waals surface area contributed by atoms with Gasteiger partial charge in [-0.1, -0.05) is 60.2 Å². The SMILES string of the molecule is Cc1ccc(S(=O)(=O)N(Cc2ccccc2)c2ccccc2C(=O)Nc2ccc(OC(C)C)cc2)cc1. The third-order valence-electron chi connectivity index (χ3n) is 5.68. The molecule has 190 valence electrons. The third-order valence-corrected chi connectivity index (χ3v) is 7.45. The minimum Gasteiger partial charge on any atom is -0.491 e. The van der Waals surface area contributed by atoms with Gasteiger partial charge in [-0.2, -0.15) is 0 Å². The predicted octanol–water partition coefficient (Wildman–Crippen LogP) is 6.43. The maximum Gasteiger partial charge on any atom is 0.264 e. The second kappa shape index (κ2) is 11.3. The van der Waals surface area contributed by atoms with Crippen molar-refractivity contribution in [1.82, 2.24) is 0 Å². The number of ether oxygens (including phenoxy) is 1. The van der Waals surface area contributed by atoms with E-state index in [9.17, 15) is 13.2 Å².